The minimum Gasteiger partial charge on any atom is -0.506 e. The highest BCUT2D eigenvalue weighted by atomic mass is 79.9. The van der Waals surface area contributed by atoms with E-state index in [0.29, 0.717) is 15.2 Å². The number of carbonyl (C=O) groups excluding carboxylic acids is 1. The van der Waals surface area contributed by atoms with Crippen molar-refractivity contribution in [1.82, 2.24) is 0 Å². The molecule has 3 rings (SSSR count). The Hall–Kier alpha value is -2.31. The van der Waals surface area contributed by atoms with E-state index in [1.165, 1.54) is 6.07 Å². The Bertz CT molecular complexity index is 966. The lowest BCUT2D eigenvalue weighted by atomic mass is 10.1. The first-order chi connectivity index (χ1) is 11.0. The molecule has 0 saturated carbocycles. The third-order valence-corrected chi connectivity index (χ3v) is 3.92. The summed E-state index contributed by atoms with van der Waals surface area (Å²) in [5.74, 6) is -1.18. The quantitative estimate of drug-likeness (QED) is 0.640. The summed E-state index contributed by atoms with van der Waals surface area (Å²) in [7, 11) is 0. The van der Waals surface area contributed by atoms with Gasteiger partial charge < -0.3 is 14.8 Å². The normalized spacial score (nSPS) is 10.7. The maximum absolute atomic E-state index is 12.3. The van der Waals surface area contributed by atoms with Crippen molar-refractivity contribution >= 4 is 50.1 Å². The highest BCUT2D eigenvalue weighted by Crippen LogP contribution is 2.29. The Balaban J connectivity index is 2.05. The molecule has 0 saturated heterocycles. The van der Waals surface area contributed by atoms with Gasteiger partial charge in [0.1, 0.15) is 11.3 Å². The summed E-state index contributed by atoms with van der Waals surface area (Å²) in [6.45, 7) is 0. The summed E-state index contributed by atoms with van der Waals surface area (Å²) in [5.41, 5.74) is -0.742. The van der Waals surface area contributed by atoms with Crippen LogP contribution in [0.4, 0.5) is 5.69 Å². The number of aromatic hydroxyl groups is 1. The number of hydrogen-bond donors (Lipinski definition) is 2. The molecule has 1 amide bonds. The molecule has 0 unspecified atom stereocenters. The monoisotopic (exact) mass is 393 g/mol. The van der Waals surface area contributed by atoms with Gasteiger partial charge in [0, 0.05) is 15.2 Å². The zero-order chi connectivity index (χ0) is 16.6. The molecule has 0 fully saturated rings. The van der Waals surface area contributed by atoms with E-state index in [1.807, 2.05) is 0 Å². The van der Waals surface area contributed by atoms with E-state index in [1.54, 1.807) is 36.4 Å². The van der Waals surface area contributed by atoms with Crippen LogP contribution in [-0.2, 0) is 0 Å². The fraction of sp³-hybridized carbons (Fsp3) is 0. The molecular formula is C16H9BrClNO4. The molecule has 0 aliphatic rings. The van der Waals surface area contributed by atoms with Gasteiger partial charge in [-0.1, -0.05) is 27.5 Å². The fourth-order valence-corrected chi connectivity index (χ4v) is 2.55. The lowest BCUT2D eigenvalue weighted by molar-refractivity contribution is 0.102. The summed E-state index contributed by atoms with van der Waals surface area (Å²) >= 11 is 9.02. The lowest BCUT2D eigenvalue weighted by Crippen LogP contribution is -2.21. The third kappa shape index (κ3) is 3.09. The van der Waals surface area contributed by atoms with E-state index in [9.17, 15) is 14.7 Å². The predicted octanol–water partition coefficient (Wildman–Crippen LogP) is 4.17. The van der Waals surface area contributed by atoms with Crippen LogP contribution in [0.25, 0.3) is 11.0 Å². The second kappa shape index (κ2) is 6.06. The van der Waals surface area contributed by atoms with Gasteiger partial charge in [-0.05, 0) is 42.5 Å². The van der Waals surface area contributed by atoms with Crippen LogP contribution in [0.5, 0.6) is 5.75 Å². The maximum Gasteiger partial charge on any atom is 0.353 e. The van der Waals surface area contributed by atoms with E-state index >= 15 is 0 Å². The average Bonchev–Trinajstić information content (AvgIpc) is 2.49. The molecule has 116 valence electrons. The fourth-order valence-electron chi connectivity index (χ4n) is 2.09. The van der Waals surface area contributed by atoms with Crippen LogP contribution < -0.4 is 10.9 Å². The number of nitrogens with one attached hydrogen (secondary N) is 1. The van der Waals surface area contributed by atoms with Crippen LogP contribution in [0.15, 0.2) is 56.1 Å². The van der Waals surface area contributed by atoms with E-state index in [4.69, 9.17) is 16.0 Å². The third-order valence-electron chi connectivity index (χ3n) is 3.17. The van der Waals surface area contributed by atoms with Crippen molar-refractivity contribution in [2.24, 2.45) is 0 Å². The number of halogens is 2. The SMILES string of the molecule is O=C(Nc1ccc(Cl)cc1)c1c(O)c2ccc(Br)cc2oc1=O. The molecular weight excluding hydrogens is 386 g/mol. The summed E-state index contributed by atoms with van der Waals surface area (Å²) in [6, 6.07) is 11.1. The second-order valence-electron chi connectivity index (χ2n) is 4.71. The Morgan fingerprint density at radius 2 is 1.87 bits per heavy atom. The Labute approximate surface area is 143 Å². The number of amides is 1. The van der Waals surface area contributed by atoms with Gasteiger partial charge in [0.2, 0.25) is 0 Å². The molecule has 1 heterocycles. The summed E-state index contributed by atoms with van der Waals surface area (Å²) in [4.78, 5) is 24.3. The summed E-state index contributed by atoms with van der Waals surface area (Å²) in [5, 5.41) is 13.6. The van der Waals surface area contributed by atoms with Gasteiger partial charge in [0.05, 0.1) is 5.39 Å². The number of carbonyl (C=O) groups is 1. The smallest absolute Gasteiger partial charge is 0.353 e. The maximum atomic E-state index is 12.3. The van der Waals surface area contributed by atoms with Gasteiger partial charge in [-0.3, -0.25) is 4.79 Å². The van der Waals surface area contributed by atoms with E-state index in [-0.39, 0.29) is 11.0 Å². The van der Waals surface area contributed by atoms with Crippen LogP contribution >= 0.6 is 27.5 Å². The predicted molar refractivity (Wildman–Crippen MR) is 91.3 cm³/mol. The molecule has 7 heteroatoms. The standard InChI is InChI=1S/C16H9BrClNO4/c17-8-1-6-11-12(7-8)23-16(22)13(14(11)20)15(21)19-10-4-2-9(18)3-5-10/h1-7,20H,(H,19,21). The molecule has 3 aromatic rings. The zero-order valence-corrected chi connectivity index (χ0v) is 13.8. The molecule has 1 aromatic heterocycles. The van der Waals surface area contributed by atoms with Gasteiger partial charge in [-0.25, -0.2) is 4.79 Å². The van der Waals surface area contributed by atoms with E-state index in [0.717, 1.165) is 0 Å². The molecule has 0 bridgehead atoms. The van der Waals surface area contributed by atoms with Crippen LogP contribution in [0.1, 0.15) is 10.4 Å². The highest BCUT2D eigenvalue weighted by molar-refractivity contribution is 9.10. The molecule has 0 aliphatic heterocycles. The Kier molecular flexibility index (Phi) is 4.11. The Morgan fingerprint density at radius 3 is 2.57 bits per heavy atom. The van der Waals surface area contributed by atoms with Crippen LogP contribution in [0.3, 0.4) is 0 Å². The van der Waals surface area contributed by atoms with E-state index < -0.39 is 22.8 Å². The second-order valence-corrected chi connectivity index (χ2v) is 6.07. The molecule has 0 atom stereocenters. The van der Waals surface area contributed by atoms with Crippen molar-refractivity contribution in [1.29, 1.82) is 0 Å². The van der Waals surface area contributed by atoms with Crippen molar-refractivity contribution in [2.75, 3.05) is 5.32 Å². The van der Waals surface area contributed by atoms with Crippen LogP contribution in [0, 0.1) is 0 Å². The summed E-state index contributed by atoms with van der Waals surface area (Å²) in [6.07, 6.45) is 0. The van der Waals surface area contributed by atoms with Crippen molar-refractivity contribution in [3.8, 4) is 5.75 Å². The number of benzene rings is 2. The van der Waals surface area contributed by atoms with Gasteiger partial charge in [0.15, 0.2) is 5.56 Å². The first-order valence-corrected chi connectivity index (χ1v) is 7.65. The van der Waals surface area contributed by atoms with Gasteiger partial charge in [-0.2, -0.15) is 0 Å². The van der Waals surface area contributed by atoms with Gasteiger partial charge in [-0.15, -0.1) is 0 Å². The van der Waals surface area contributed by atoms with Crippen molar-refractivity contribution in [3.05, 3.63) is 67.9 Å². The van der Waals surface area contributed by atoms with Crippen LogP contribution in [-0.4, -0.2) is 11.0 Å². The minimum atomic E-state index is -0.917. The number of hydrogen-bond acceptors (Lipinski definition) is 4. The minimum absolute atomic E-state index is 0.185. The number of fused-ring (bicyclic) bond motifs is 1. The molecule has 2 aromatic carbocycles. The van der Waals surface area contributed by atoms with Gasteiger partial charge in [0.25, 0.3) is 5.91 Å². The molecule has 23 heavy (non-hydrogen) atoms. The number of rotatable bonds is 2. The highest BCUT2D eigenvalue weighted by Gasteiger charge is 2.21. The first kappa shape index (κ1) is 15.6. The molecule has 0 radical (unpaired) electrons. The average molecular weight is 395 g/mol. The van der Waals surface area contributed by atoms with Crippen molar-refractivity contribution in [3.63, 3.8) is 0 Å². The zero-order valence-electron chi connectivity index (χ0n) is 11.5. The molecule has 5 nitrogen and oxygen atoms in total. The Morgan fingerprint density at radius 1 is 1.17 bits per heavy atom. The lowest BCUT2D eigenvalue weighted by Gasteiger charge is -2.08. The van der Waals surface area contributed by atoms with Crippen molar-refractivity contribution < 1.29 is 14.3 Å². The topological polar surface area (TPSA) is 79.5 Å². The molecule has 2 N–H and O–H groups in total. The van der Waals surface area contributed by atoms with Crippen LogP contribution in [0.2, 0.25) is 5.02 Å². The van der Waals surface area contributed by atoms with Gasteiger partial charge >= 0.3 is 5.63 Å². The molecule has 0 aliphatic carbocycles. The number of anilines is 1. The first-order valence-electron chi connectivity index (χ1n) is 6.48. The van der Waals surface area contributed by atoms with E-state index in [2.05, 4.69) is 21.2 Å². The van der Waals surface area contributed by atoms with Crippen molar-refractivity contribution in [2.45, 2.75) is 0 Å². The molecule has 0 spiro atoms. The largest absolute Gasteiger partial charge is 0.506 e. The summed E-state index contributed by atoms with van der Waals surface area (Å²) < 4.78 is 5.79.